The van der Waals surface area contributed by atoms with E-state index >= 15 is 0 Å². The maximum Gasteiger partial charge on any atom is 0.129 e. The number of thiazole rings is 1. The van der Waals surface area contributed by atoms with Crippen molar-refractivity contribution in [1.29, 1.82) is 0 Å². The molecular weight excluding hydrogens is 224 g/mol. The van der Waals surface area contributed by atoms with Crippen molar-refractivity contribution in [3.8, 4) is 10.6 Å². The highest BCUT2D eigenvalue weighted by Crippen LogP contribution is 2.32. The highest BCUT2D eigenvalue weighted by molar-refractivity contribution is 7.13. The molecule has 5 nitrogen and oxygen atoms in total. The molecule has 0 amide bonds. The highest BCUT2D eigenvalue weighted by Gasteiger charge is 2.21. The maximum absolute atomic E-state index is 5.76. The zero-order valence-corrected chi connectivity index (χ0v) is 9.46. The van der Waals surface area contributed by atoms with E-state index in [2.05, 4.69) is 20.6 Å². The number of ether oxygens (including phenoxy) is 1. The van der Waals surface area contributed by atoms with E-state index in [1.165, 1.54) is 0 Å². The zero-order chi connectivity index (χ0) is 11.0. The Labute approximate surface area is 96.7 Å². The van der Waals surface area contributed by atoms with Gasteiger partial charge >= 0.3 is 0 Å². The lowest BCUT2D eigenvalue weighted by Crippen LogP contribution is -1.97. The first-order valence-corrected chi connectivity index (χ1v) is 6.05. The molecule has 84 valence electrons. The normalized spacial score (nSPS) is 20.4. The van der Waals surface area contributed by atoms with Crippen molar-refractivity contribution in [3.63, 3.8) is 0 Å². The van der Waals surface area contributed by atoms with E-state index in [0.29, 0.717) is 11.7 Å². The van der Waals surface area contributed by atoms with Crippen LogP contribution in [0.4, 0.5) is 5.82 Å². The molecular formula is C10H12N4OS. The minimum Gasteiger partial charge on any atom is -0.383 e. The number of rotatable bonds is 2. The lowest BCUT2D eigenvalue weighted by atomic mass is 10.1. The number of nitrogen functional groups attached to an aromatic ring is 1. The third kappa shape index (κ3) is 1.60. The monoisotopic (exact) mass is 236 g/mol. The summed E-state index contributed by atoms with van der Waals surface area (Å²) in [4.78, 5) is 4.59. The quantitative estimate of drug-likeness (QED) is 0.830. The number of nitrogens with one attached hydrogen (secondary N) is 1. The van der Waals surface area contributed by atoms with Gasteiger partial charge in [-0.05, 0) is 6.42 Å². The van der Waals surface area contributed by atoms with Crippen LogP contribution in [0.5, 0.6) is 0 Å². The van der Waals surface area contributed by atoms with E-state index in [4.69, 9.17) is 10.5 Å². The molecule has 16 heavy (non-hydrogen) atoms. The third-order valence-electron chi connectivity index (χ3n) is 2.77. The minimum atomic E-state index is 0.443. The van der Waals surface area contributed by atoms with Gasteiger partial charge in [-0.2, -0.15) is 5.10 Å². The van der Waals surface area contributed by atoms with Crippen LogP contribution in [0.1, 0.15) is 18.0 Å². The maximum atomic E-state index is 5.76. The summed E-state index contributed by atoms with van der Waals surface area (Å²) in [5.74, 6) is 1.02. The fourth-order valence-electron chi connectivity index (χ4n) is 1.83. The first-order chi connectivity index (χ1) is 7.84. The number of anilines is 1. The van der Waals surface area contributed by atoms with Gasteiger partial charge in [-0.1, -0.05) is 0 Å². The number of aromatic nitrogens is 3. The number of nitrogens with zero attached hydrogens (tertiary/aromatic N) is 2. The third-order valence-corrected chi connectivity index (χ3v) is 3.66. The van der Waals surface area contributed by atoms with Crippen LogP contribution in [0, 0.1) is 0 Å². The number of nitrogens with two attached hydrogens (primary N) is 1. The van der Waals surface area contributed by atoms with E-state index in [-0.39, 0.29) is 0 Å². The predicted octanol–water partition coefficient (Wildman–Crippen LogP) is 1.62. The summed E-state index contributed by atoms with van der Waals surface area (Å²) in [6, 6.07) is 0. The predicted molar refractivity (Wildman–Crippen MR) is 62.3 cm³/mol. The Balaban J connectivity index is 1.90. The van der Waals surface area contributed by atoms with Crippen LogP contribution >= 0.6 is 11.3 Å². The molecule has 2 aromatic heterocycles. The largest absolute Gasteiger partial charge is 0.383 e. The topological polar surface area (TPSA) is 76.8 Å². The summed E-state index contributed by atoms with van der Waals surface area (Å²) in [7, 11) is 0. The Bertz CT molecular complexity index is 486. The van der Waals surface area contributed by atoms with Crippen LogP contribution in [0.2, 0.25) is 0 Å². The molecule has 0 aliphatic carbocycles. The Kier molecular flexibility index (Phi) is 2.37. The Morgan fingerprint density at radius 3 is 3.19 bits per heavy atom. The molecule has 0 aromatic carbocycles. The van der Waals surface area contributed by atoms with Gasteiger partial charge in [0.15, 0.2) is 0 Å². The summed E-state index contributed by atoms with van der Waals surface area (Å²) in [6.07, 6.45) is 2.77. The summed E-state index contributed by atoms with van der Waals surface area (Å²) >= 11 is 1.60. The van der Waals surface area contributed by atoms with E-state index in [1.807, 2.05) is 0 Å². The van der Waals surface area contributed by atoms with Crippen molar-refractivity contribution in [2.75, 3.05) is 18.9 Å². The smallest absolute Gasteiger partial charge is 0.129 e. The second kappa shape index (κ2) is 3.88. The van der Waals surface area contributed by atoms with Gasteiger partial charge in [0.05, 0.1) is 24.1 Å². The fraction of sp³-hybridized carbons (Fsp3) is 0.400. The second-order valence-electron chi connectivity index (χ2n) is 3.84. The molecule has 2 aromatic rings. The first-order valence-electron chi connectivity index (χ1n) is 5.17. The standard InChI is InChI=1S/C10H12N4OS/c11-9-7(3-12-14-9)10-13-8(5-16-10)6-1-2-15-4-6/h3,5-6H,1-2,4H2,(H3,11,12,14). The molecule has 1 unspecified atom stereocenters. The molecule has 3 N–H and O–H groups in total. The molecule has 6 heteroatoms. The molecule has 0 bridgehead atoms. The van der Waals surface area contributed by atoms with Crippen molar-refractivity contribution in [2.45, 2.75) is 12.3 Å². The van der Waals surface area contributed by atoms with Crippen LogP contribution in [0.25, 0.3) is 10.6 Å². The van der Waals surface area contributed by atoms with Crippen LogP contribution in [0.15, 0.2) is 11.6 Å². The lowest BCUT2D eigenvalue weighted by molar-refractivity contribution is 0.193. The number of aromatic amines is 1. The van der Waals surface area contributed by atoms with Crippen molar-refractivity contribution in [1.82, 2.24) is 15.2 Å². The lowest BCUT2D eigenvalue weighted by Gasteiger charge is -2.01. The summed E-state index contributed by atoms with van der Waals surface area (Å²) < 4.78 is 5.36. The van der Waals surface area contributed by atoms with Gasteiger partial charge in [-0.15, -0.1) is 11.3 Å². The van der Waals surface area contributed by atoms with Gasteiger partial charge in [0, 0.05) is 17.9 Å². The van der Waals surface area contributed by atoms with E-state index in [9.17, 15) is 0 Å². The van der Waals surface area contributed by atoms with Gasteiger partial charge < -0.3 is 10.5 Å². The molecule has 1 saturated heterocycles. The zero-order valence-electron chi connectivity index (χ0n) is 8.64. The van der Waals surface area contributed by atoms with Crippen LogP contribution < -0.4 is 5.73 Å². The van der Waals surface area contributed by atoms with Gasteiger partial charge in [0.25, 0.3) is 0 Å². The molecule has 0 spiro atoms. The molecule has 0 radical (unpaired) electrons. The molecule has 3 rings (SSSR count). The average molecular weight is 236 g/mol. The Morgan fingerprint density at radius 1 is 1.56 bits per heavy atom. The second-order valence-corrected chi connectivity index (χ2v) is 4.69. The number of hydrogen-bond acceptors (Lipinski definition) is 5. The molecule has 1 fully saturated rings. The molecule has 0 saturated carbocycles. The van der Waals surface area contributed by atoms with E-state index in [0.717, 1.165) is 35.9 Å². The average Bonchev–Trinajstić information content (AvgIpc) is 2.96. The number of H-pyrrole nitrogens is 1. The fourth-order valence-corrected chi connectivity index (χ4v) is 2.76. The van der Waals surface area contributed by atoms with Crippen molar-refractivity contribution in [2.24, 2.45) is 0 Å². The van der Waals surface area contributed by atoms with Gasteiger partial charge in [-0.25, -0.2) is 4.98 Å². The van der Waals surface area contributed by atoms with Crippen molar-refractivity contribution >= 4 is 17.2 Å². The Hall–Kier alpha value is -1.40. The molecule has 1 aliphatic heterocycles. The van der Waals surface area contributed by atoms with Gasteiger partial charge in [0.1, 0.15) is 10.8 Å². The van der Waals surface area contributed by atoms with E-state index < -0.39 is 0 Å². The minimum absolute atomic E-state index is 0.443. The van der Waals surface area contributed by atoms with Gasteiger partial charge in [-0.3, -0.25) is 5.10 Å². The van der Waals surface area contributed by atoms with Crippen molar-refractivity contribution in [3.05, 3.63) is 17.3 Å². The molecule has 3 heterocycles. The van der Waals surface area contributed by atoms with Crippen LogP contribution in [0.3, 0.4) is 0 Å². The van der Waals surface area contributed by atoms with Crippen molar-refractivity contribution < 1.29 is 4.74 Å². The number of hydrogen-bond donors (Lipinski definition) is 2. The van der Waals surface area contributed by atoms with Gasteiger partial charge in [0.2, 0.25) is 0 Å². The highest BCUT2D eigenvalue weighted by atomic mass is 32.1. The molecule has 1 atom stereocenters. The summed E-state index contributed by atoms with van der Waals surface area (Å²) in [5, 5.41) is 9.62. The van der Waals surface area contributed by atoms with E-state index in [1.54, 1.807) is 17.5 Å². The Morgan fingerprint density at radius 2 is 2.50 bits per heavy atom. The summed E-state index contributed by atoms with van der Waals surface area (Å²) in [5.41, 5.74) is 7.75. The summed E-state index contributed by atoms with van der Waals surface area (Å²) in [6.45, 7) is 1.62. The molecule has 1 aliphatic rings. The van der Waals surface area contributed by atoms with Crippen LogP contribution in [-0.4, -0.2) is 28.4 Å². The van der Waals surface area contributed by atoms with Crippen LogP contribution in [-0.2, 0) is 4.74 Å². The SMILES string of the molecule is Nc1[nH]ncc1-c1nc(C2CCOC2)cs1. The first kappa shape index (κ1) is 9.80.